The van der Waals surface area contributed by atoms with Gasteiger partial charge >= 0.3 is 5.97 Å². The minimum Gasteiger partial charge on any atom is -0.462 e. The van der Waals surface area contributed by atoms with E-state index in [4.69, 9.17) is 4.74 Å². The minimum atomic E-state index is -0.392. The lowest BCUT2D eigenvalue weighted by Gasteiger charge is -2.26. The minimum absolute atomic E-state index is 0.0338. The molecule has 4 nitrogen and oxygen atoms in total. The van der Waals surface area contributed by atoms with E-state index in [1.165, 1.54) is 0 Å². The summed E-state index contributed by atoms with van der Waals surface area (Å²) in [5, 5.41) is 0. The molecule has 0 spiro atoms. The van der Waals surface area contributed by atoms with E-state index in [1.807, 2.05) is 4.90 Å². The van der Waals surface area contributed by atoms with Crippen LogP contribution in [0, 0.1) is 11.8 Å². The summed E-state index contributed by atoms with van der Waals surface area (Å²) in [5.74, 6) is 0.372. The third-order valence-corrected chi connectivity index (χ3v) is 3.08. The second-order valence-corrected chi connectivity index (χ2v) is 6.30. The van der Waals surface area contributed by atoms with Crippen molar-refractivity contribution in [2.24, 2.45) is 11.8 Å². The van der Waals surface area contributed by atoms with Crippen LogP contribution >= 0.6 is 0 Å². The molecule has 0 aliphatic carbocycles. The predicted octanol–water partition coefficient (Wildman–Crippen LogP) is 3.62. The second kappa shape index (κ2) is 8.57. The fourth-order valence-corrected chi connectivity index (χ4v) is 2.30. The lowest BCUT2D eigenvalue weighted by Crippen LogP contribution is -2.37. The number of carbonyl (C=O) groups excluding carboxylic acids is 2. The Morgan fingerprint density at radius 2 is 1.59 bits per heavy atom. The number of rotatable bonds is 7. The van der Waals surface area contributed by atoms with E-state index in [9.17, 15) is 9.59 Å². The van der Waals surface area contributed by atoms with Gasteiger partial charge in [0, 0.05) is 18.7 Å². The van der Waals surface area contributed by atoms with E-state index in [-0.39, 0.29) is 5.91 Å². The van der Waals surface area contributed by atoms with Crippen molar-refractivity contribution < 1.29 is 14.3 Å². The van der Waals surface area contributed by atoms with Crippen LogP contribution in [0.1, 0.15) is 55.3 Å². The zero-order valence-electron chi connectivity index (χ0n) is 14.3. The molecular weight excluding hydrogens is 278 g/mol. The second-order valence-electron chi connectivity index (χ2n) is 6.30. The molecule has 0 aromatic heterocycles. The van der Waals surface area contributed by atoms with Crippen molar-refractivity contribution >= 4 is 11.9 Å². The quantitative estimate of drug-likeness (QED) is 0.723. The van der Waals surface area contributed by atoms with Gasteiger partial charge in [0.05, 0.1) is 12.2 Å². The molecule has 0 unspecified atom stereocenters. The van der Waals surface area contributed by atoms with Gasteiger partial charge in [0.25, 0.3) is 5.91 Å². The van der Waals surface area contributed by atoms with Gasteiger partial charge in [-0.15, -0.1) is 0 Å². The number of nitrogens with zero attached hydrogens (tertiary/aromatic N) is 1. The molecule has 0 aliphatic heterocycles. The molecule has 1 aromatic carbocycles. The molecule has 0 heterocycles. The highest BCUT2D eigenvalue weighted by Crippen LogP contribution is 2.13. The Balaban J connectivity index is 2.98. The van der Waals surface area contributed by atoms with Gasteiger partial charge < -0.3 is 9.64 Å². The number of ether oxygens (including phenoxy) is 1. The molecule has 0 aliphatic rings. The Hall–Kier alpha value is -1.84. The first-order valence-corrected chi connectivity index (χ1v) is 7.91. The largest absolute Gasteiger partial charge is 0.462 e. The van der Waals surface area contributed by atoms with Crippen molar-refractivity contribution in [2.75, 3.05) is 19.7 Å². The molecule has 0 bridgehead atoms. The Labute approximate surface area is 133 Å². The van der Waals surface area contributed by atoms with E-state index in [2.05, 4.69) is 27.7 Å². The van der Waals surface area contributed by atoms with Crippen LogP contribution in [0.25, 0.3) is 0 Å². The number of hydrogen-bond donors (Lipinski definition) is 0. The number of benzene rings is 1. The van der Waals surface area contributed by atoms with Crippen LogP contribution in [0.2, 0.25) is 0 Å². The van der Waals surface area contributed by atoms with E-state index in [1.54, 1.807) is 31.2 Å². The molecule has 0 atom stereocenters. The first-order chi connectivity index (χ1) is 10.3. The Kier molecular flexibility index (Phi) is 7.09. The molecular formula is C18H27NO3. The topological polar surface area (TPSA) is 46.6 Å². The van der Waals surface area contributed by atoms with Gasteiger partial charge in [-0.2, -0.15) is 0 Å². The maximum absolute atomic E-state index is 12.7. The molecule has 0 saturated carbocycles. The standard InChI is InChI=1S/C18H27NO3/c1-6-22-18(21)16-9-7-8-15(10-16)17(20)19(11-13(2)3)12-14(4)5/h7-10,13-14H,6,11-12H2,1-5H3. The van der Waals surface area contributed by atoms with Gasteiger partial charge in [-0.3, -0.25) is 4.79 Å². The third-order valence-electron chi connectivity index (χ3n) is 3.08. The average Bonchev–Trinajstić information content (AvgIpc) is 2.45. The van der Waals surface area contributed by atoms with Crippen LogP contribution in [0.15, 0.2) is 24.3 Å². The van der Waals surface area contributed by atoms with Crippen molar-refractivity contribution in [2.45, 2.75) is 34.6 Å². The Morgan fingerprint density at radius 3 is 2.09 bits per heavy atom. The summed E-state index contributed by atoms with van der Waals surface area (Å²) in [6, 6.07) is 6.76. The molecule has 1 rings (SSSR count). The summed E-state index contributed by atoms with van der Waals surface area (Å²) >= 11 is 0. The first-order valence-electron chi connectivity index (χ1n) is 7.91. The van der Waals surface area contributed by atoms with E-state index < -0.39 is 5.97 Å². The first kappa shape index (κ1) is 18.2. The van der Waals surface area contributed by atoms with Crippen LogP contribution in [0.3, 0.4) is 0 Å². The number of amides is 1. The van der Waals surface area contributed by atoms with Crippen molar-refractivity contribution in [3.8, 4) is 0 Å². The smallest absolute Gasteiger partial charge is 0.338 e. The summed E-state index contributed by atoms with van der Waals surface area (Å²) in [7, 11) is 0. The normalized spacial score (nSPS) is 10.9. The van der Waals surface area contributed by atoms with Gasteiger partial charge in [-0.25, -0.2) is 4.79 Å². The van der Waals surface area contributed by atoms with Crippen molar-refractivity contribution in [1.29, 1.82) is 0 Å². The molecule has 4 heteroatoms. The van der Waals surface area contributed by atoms with Crippen LogP contribution in [0.4, 0.5) is 0 Å². The average molecular weight is 305 g/mol. The van der Waals surface area contributed by atoms with Crippen LogP contribution in [-0.2, 0) is 4.74 Å². The molecule has 0 N–H and O–H groups in total. The van der Waals surface area contributed by atoms with Crippen LogP contribution in [-0.4, -0.2) is 36.5 Å². The SMILES string of the molecule is CCOC(=O)c1cccc(C(=O)N(CC(C)C)CC(C)C)c1. The van der Waals surface area contributed by atoms with E-state index in [0.29, 0.717) is 42.7 Å². The number of hydrogen-bond acceptors (Lipinski definition) is 3. The van der Waals surface area contributed by atoms with Crippen LogP contribution in [0.5, 0.6) is 0 Å². The van der Waals surface area contributed by atoms with E-state index in [0.717, 1.165) is 0 Å². The highest BCUT2D eigenvalue weighted by atomic mass is 16.5. The maximum Gasteiger partial charge on any atom is 0.338 e. The summed E-state index contributed by atoms with van der Waals surface area (Å²) in [6.07, 6.45) is 0. The molecule has 0 radical (unpaired) electrons. The summed E-state index contributed by atoms with van der Waals surface area (Å²) in [6.45, 7) is 11.9. The molecule has 122 valence electrons. The van der Waals surface area contributed by atoms with Gasteiger partial charge in [0.1, 0.15) is 0 Å². The van der Waals surface area contributed by atoms with E-state index >= 15 is 0 Å². The Morgan fingerprint density at radius 1 is 1.05 bits per heavy atom. The van der Waals surface area contributed by atoms with Crippen LogP contribution < -0.4 is 0 Å². The monoisotopic (exact) mass is 305 g/mol. The predicted molar refractivity (Wildman–Crippen MR) is 88.0 cm³/mol. The Bertz CT molecular complexity index is 499. The van der Waals surface area contributed by atoms with Gasteiger partial charge in [-0.1, -0.05) is 33.8 Å². The van der Waals surface area contributed by atoms with Crippen molar-refractivity contribution in [1.82, 2.24) is 4.90 Å². The fraction of sp³-hybridized carbons (Fsp3) is 0.556. The maximum atomic E-state index is 12.7. The lowest BCUT2D eigenvalue weighted by molar-refractivity contribution is 0.0526. The fourth-order valence-electron chi connectivity index (χ4n) is 2.30. The zero-order chi connectivity index (χ0) is 16.7. The zero-order valence-corrected chi connectivity index (χ0v) is 14.3. The molecule has 22 heavy (non-hydrogen) atoms. The summed E-state index contributed by atoms with van der Waals surface area (Å²) < 4.78 is 4.99. The lowest BCUT2D eigenvalue weighted by atomic mass is 10.1. The van der Waals surface area contributed by atoms with Gasteiger partial charge in [0.2, 0.25) is 0 Å². The molecule has 0 fully saturated rings. The van der Waals surface area contributed by atoms with Gasteiger partial charge in [-0.05, 0) is 37.0 Å². The number of esters is 1. The van der Waals surface area contributed by atoms with Gasteiger partial charge in [0.15, 0.2) is 0 Å². The molecule has 1 amide bonds. The summed E-state index contributed by atoms with van der Waals surface area (Å²) in [5.41, 5.74) is 0.952. The highest BCUT2D eigenvalue weighted by Gasteiger charge is 2.19. The number of carbonyl (C=O) groups is 2. The third kappa shape index (κ3) is 5.51. The summed E-state index contributed by atoms with van der Waals surface area (Å²) in [4.78, 5) is 26.4. The molecule has 1 aromatic rings. The highest BCUT2D eigenvalue weighted by molar-refractivity contribution is 5.98. The molecule has 0 saturated heterocycles. The van der Waals surface area contributed by atoms with Crippen molar-refractivity contribution in [3.05, 3.63) is 35.4 Å². The van der Waals surface area contributed by atoms with Crippen molar-refractivity contribution in [3.63, 3.8) is 0 Å².